The van der Waals surface area contributed by atoms with E-state index in [1.807, 2.05) is 0 Å². The van der Waals surface area contributed by atoms with E-state index in [1.54, 1.807) is 18.2 Å². The van der Waals surface area contributed by atoms with Crippen molar-refractivity contribution in [2.45, 2.75) is 25.3 Å². The van der Waals surface area contributed by atoms with Crippen LogP contribution in [0.5, 0.6) is 0 Å². The molecule has 0 unspecified atom stereocenters. The predicted molar refractivity (Wildman–Crippen MR) is 80.8 cm³/mol. The number of halogens is 2. The van der Waals surface area contributed by atoms with Gasteiger partial charge in [0.2, 0.25) is 5.91 Å². The number of carbonyl (C=O) groups excluding carboxylic acids is 2. The summed E-state index contributed by atoms with van der Waals surface area (Å²) in [6, 6.07) is 4.09. The number of aliphatic carboxylic acids is 1. The number of amides is 1. The van der Waals surface area contributed by atoms with Crippen LogP contribution in [0.25, 0.3) is 0 Å². The molecule has 0 aliphatic heterocycles. The van der Waals surface area contributed by atoms with Gasteiger partial charge < -0.3 is 15.2 Å². The zero-order valence-corrected chi connectivity index (χ0v) is 13.3. The molecule has 0 saturated heterocycles. The molecule has 1 aromatic carbocycles. The molecular formula is C14H15Cl2NO5. The van der Waals surface area contributed by atoms with Crippen molar-refractivity contribution in [3.05, 3.63) is 33.8 Å². The van der Waals surface area contributed by atoms with Gasteiger partial charge in [-0.2, -0.15) is 0 Å². The van der Waals surface area contributed by atoms with Crippen LogP contribution in [0.4, 0.5) is 0 Å². The molecule has 120 valence electrons. The van der Waals surface area contributed by atoms with Gasteiger partial charge in [0.25, 0.3) is 0 Å². The van der Waals surface area contributed by atoms with Crippen molar-refractivity contribution >= 4 is 41.0 Å². The summed E-state index contributed by atoms with van der Waals surface area (Å²) in [7, 11) is 1.23. The third-order valence-corrected chi connectivity index (χ3v) is 3.69. The molecule has 22 heavy (non-hydrogen) atoms. The van der Waals surface area contributed by atoms with Crippen molar-refractivity contribution in [2.24, 2.45) is 0 Å². The molecule has 0 spiro atoms. The highest BCUT2D eigenvalue weighted by molar-refractivity contribution is 6.42. The molecule has 0 aromatic heterocycles. The minimum absolute atomic E-state index is 0.143. The van der Waals surface area contributed by atoms with Crippen LogP contribution in [0.2, 0.25) is 10.0 Å². The molecule has 0 aliphatic carbocycles. The van der Waals surface area contributed by atoms with Crippen LogP contribution in [0.1, 0.15) is 30.9 Å². The monoisotopic (exact) mass is 347 g/mol. The molecule has 1 atom stereocenters. The van der Waals surface area contributed by atoms with Gasteiger partial charge in [0.1, 0.15) is 0 Å². The van der Waals surface area contributed by atoms with E-state index in [-0.39, 0.29) is 29.3 Å². The third-order valence-electron chi connectivity index (χ3n) is 2.86. The van der Waals surface area contributed by atoms with E-state index in [0.717, 1.165) is 0 Å². The molecular weight excluding hydrogens is 333 g/mol. The normalized spacial score (nSPS) is 11.6. The molecule has 1 aromatic rings. The summed E-state index contributed by atoms with van der Waals surface area (Å²) in [5.74, 6) is -2.13. The van der Waals surface area contributed by atoms with Crippen LogP contribution in [0.15, 0.2) is 18.2 Å². The van der Waals surface area contributed by atoms with Crippen molar-refractivity contribution < 1.29 is 24.2 Å². The summed E-state index contributed by atoms with van der Waals surface area (Å²) in [5.41, 5.74) is 0.461. The minimum Gasteiger partial charge on any atom is -0.481 e. The smallest absolute Gasteiger partial charge is 0.307 e. The lowest BCUT2D eigenvalue weighted by Gasteiger charge is -2.19. The molecule has 0 heterocycles. The van der Waals surface area contributed by atoms with E-state index in [4.69, 9.17) is 28.3 Å². The first kappa shape index (κ1) is 18.3. The number of carbonyl (C=O) groups is 3. The first-order valence-electron chi connectivity index (χ1n) is 6.37. The topological polar surface area (TPSA) is 92.7 Å². The summed E-state index contributed by atoms with van der Waals surface area (Å²) in [5, 5.41) is 11.7. The fourth-order valence-corrected chi connectivity index (χ4v) is 2.20. The Morgan fingerprint density at radius 2 is 1.95 bits per heavy atom. The summed E-state index contributed by atoms with van der Waals surface area (Å²) in [6.07, 6.45) is -0.652. The highest BCUT2D eigenvalue weighted by Crippen LogP contribution is 2.31. The largest absolute Gasteiger partial charge is 0.481 e. The van der Waals surface area contributed by atoms with Gasteiger partial charge in [-0.15, -0.1) is 0 Å². The fraction of sp³-hybridized carbons (Fsp3) is 0.357. The number of nitrogens with one attached hydrogen (secondary N) is 1. The Hall–Kier alpha value is -1.79. The maximum atomic E-state index is 11.8. The Bertz CT molecular complexity index is 576. The van der Waals surface area contributed by atoms with E-state index in [0.29, 0.717) is 5.56 Å². The molecule has 0 fully saturated rings. The first-order valence-corrected chi connectivity index (χ1v) is 7.12. The van der Waals surface area contributed by atoms with Crippen LogP contribution >= 0.6 is 23.2 Å². The predicted octanol–water partition coefficient (Wildman–Crippen LogP) is 2.58. The van der Waals surface area contributed by atoms with Gasteiger partial charge in [-0.25, -0.2) is 0 Å². The quantitative estimate of drug-likeness (QED) is 0.739. The van der Waals surface area contributed by atoms with E-state index in [2.05, 4.69) is 10.1 Å². The van der Waals surface area contributed by atoms with Gasteiger partial charge in [0, 0.05) is 6.42 Å². The molecule has 8 heteroatoms. The average Bonchev–Trinajstić information content (AvgIpc) is 2.47. The van der Waals surface area contributed by atoms with Crippen molar-refractivity contribution in [3.63, 3.8) is 0 Å². The van der Waals surface area contributed by atoms with Gasteiger partial charge in [-0.3, -0.25) is 14.4 Å². The van der Waals surface area contributed by atoms with Crippen LogP contribution in [-0.2, 0) is 19.1 Å². The number of methoxy groups -OCH3 is 1. The van der Waals surface area contributed by atoms with Gasteiger partial charge >= 0.3 is 11.9 Å². The van der Waals surface area contributed by atoms with Crippen molar-refractivity contribution in [1.82, 2.24) is 5.32 Å². The molecule has 0 saturated carbocycles. The second kappa shape index (κ2) is 8.60. The summed E-state index contributed by atoms with van der Waals surface area (Å²) in [4.78, 5) is 33.8. The Morgan fingerprint density at radius 1 is 1.27 bits per heavy atom. The van der Waals surface area contributed by atoms with Crippen molar-refractivity contribution in [1.29, 1.82) is 0 Å². The third kappa shape index (κ3) is 5.54. The van der Waals surface area contributed by atoms with E-state index < -0.39 is 23.9 Å². The van der Waals surface area contributed by atoms with Crippen LogP contribution < -0.4 is 5.32 Å². The molecule has 0 radical (unpaired) electrons. The summed E-state index contributed by atoms with van der Waals surface area (Å²) >= 11 is 12.0. The molecule has 2 N–H and O–H groups in total. The second-order valence-corrected chi connectivity index (χ2v) is 5.22. The average molecular weight is 348 g/mol. The molecule has 6 nitrogen and oxygen atoms in total. The molecule has 0 aliphatic rings. The molecule has 1 amide bonds. The highest BCUT2D eigenvalue weighted by Gasteiger charge is 2.22. The number of esters is 1. The first-order chi connectivity index (χ1) is 10.3. The number of carboxylic acid groups (broad SMARTS) is 1. The van der Waals surface area contributed by atoms with Gasteiger partial charge in [0.05, 0.1) is 36.0 Å². The SMILES string of the molecule is COC(=O)C[C@@H](NC(=O)CCC(=O)O)c1cccc(Cl)c1Cl. The standard InChI is InChI=1S/C14H15Cl2NO5/c1-22-13(21)7-10(17-11(18)5-6-12(19)20)8-3-2-4-9(15)14(8)16/h2-4,10H,5-7H2,1H3,(H,17,18)(H,19,20)/t10-/m1/s1. The Balaban J connectivity index is 2.93. The Labute approximate surface area is 137 Å². The van der Waals surface area contributed by atoms with E-state index in [1.165, 1.54) is 7.11 Å². The maximum absolute atomic E-state index is 11.8. The number of ether oxygens (including phenoxy) is 1. The zero-order valence-electron chi connectivity index (χ0n) is 11.8. The highest BCUT2D eigenvalue weighted by atomic mass is 35.5. The van der Waals surface area contributed by atoms with Gasteiger partial charge in [-0.1, -0.05) is 35.3 Å². The fourth-order valence-electron chi connectivity index (χ4n) is 1.77. The van der Waals surface area contributed by atoms with Crippen molar-refractivity contribution in [2.75, 3.05) is 7.11 Å². The van der Waals surface area contributed by atoms with Crippen LogP contribution in [0, 0.1) is 0 Å². The van der Waals surface area contributed by atoms with Gasteiger partial charge in [0.15, 0.2) is 0 Å². The van der Waals surface area contributed by atoms with Crippen LogP contribution in [-0.4, -0.2) is 30.1 Å². The second-order valence-electron chi connectivity index (χ2n) is 4.44. The Morgan fingerprint density at radius 3 is 2.55 bits per heavy atom. The lowest BCUT2D eigenvalue weighted by molar-refractivity contribution is -0.142. The summed E-state index contributed by atoms with van der Waals surface area (Å²) in [6.45, 7) is 0. The number of rotatable bonds is 7. The van der Waals surface area contributed by atoms with E-state index in [9.17, 15) is 14.4 Å². The van der Waals surface area contributed by atoms with Crippen molar-refractivity contribution in [3.8, 4) is 0 Å². The number of carboxylic acids is 1. The minimum atomic E-state index is -1.08. The summed E-state index contributed by atoms with van der Waals surface area (Å²) < 4.78 is 4.59. The number of hydrogen-bond acceptors (Lipinski definition) is 4. The van der Waals surface area contributed by atoms with Gasteiger partial charge in [-0.05, 0) is 11.6 Å². The lowest BCUT2D eigenvalue weighted by atomic mass is 10.0. The lowest BCUT2D eigenvalue weighted by Crippen LogP contribution is -2.31. The Kier molecular flexibility index (Phi) is 7.14. The molecule has 0 bridgehead atoms. The number of benzene rings is 1. The van der Waals surface area contributed by atoms with Crippen LogP contribution in [0.3, 0.4) is 0 Å². The van der Waals surface area contributed by atoms with E-state index >= 15 is 0 Å². The number of hydrogen-bond donors (Lipinski definition) is 2. The maximum Gasteiger partial charge on any atom is 0.307 e. The zero-order chi connectivity index (χ0) is 16.7. The molecule has 1 rings (SSSR count).